The van der Waals surface area contributed by atoms with E-state index in [9.17, 15) is 14.9 Å². The Hall–Kier alpha value is -3.48. The molecule has 0 saturated heterocycles. The van der Waals surface area contributed by atoms with Crippen LogP contribution in [0.1, 0.15) is 29.4 Å². The van der Waals surface area contributed by atoms with Crippen molar-refractivity contribution in [3.63, 3.8) is 0 Å². The van der Waals surface area contributed by atoms with Crippen LogP contribution in [0.4, 0.5) is 5.69 Å². The molecular weight excluding hydrogens is 344 g/mol. The number of hydrogen-bond donors (Lipinski definition) is 0. The van der Waals surface area contributed by atoms with Gasteiger partial charge in [-0.2, -0.15) is 5.10 Å². The Balaban J connectivity index is 1.82. The predicted molar refractivity (Wildman–Crippen MR) is 102 cm³/mol. The molecule has 0 fully saturated rings. The van der Waals surface area contributed by atoms with E-state index in [2.05, 4.69) is 5.10 Å². The summed E-state index contributed by atoms with van der Waals surface area (Å²) >= 11 is 0. The first-order valence-corrected chi connectivity index (χ1v) is 8.72. The second kappa shape index (κ2) is 8.27. The maximum atomic E-state index is 12.9. The molecule has 138 valence electrons. The molecule has 0 N–H and O–H groups in total. The van der Waals surface area contributed by atoms with Crippen molar-refractivity contribution in [2.75, 3.05) is 6.54 Å². The Morgan fingerprint density at radius 3 is 2.63 bits per heavy atom. The number of rotatable bonds is 7. The number of carbonyl (C=O) groups is 1. The molecule has 0 radical (unpaired) electrons. The second-order valence-corrected chi connectivity index (χ2v) is 6.13. The number of hydrogen-bond acceptors (Lipinski definition) is 4. The lowest BCUT2D eigenvalue weighted by Gasteiger charge is -2.21. The summed E-state index contributed by atoms with van der Waals surface area (Å²) in [5, 5.41) is 15.3. The van der Waals surface area contributed by atoms with Gasteiger partial charge in [0.15, 0.2) is 5.69 Å². The molecule has 0 aliphatic rings. The molecule has 1 heterocycles. The van der Waals surface area contributed by atoms with E-state index in [0.717, 1.165) is 12.0 Å². The summed E-state index contributed by atoms with van der Waals surface area (Å²) in [4.78, 5) is 25.2. The van der Waals surface area contributed by atoms with Crippen molar-refractivity contribution in [3.8, 4) is 5.69 Å². The van der Waals surface area contributed by atoms with Gasteiger partial charge >= 0.3 is 0 Å². The van der Waals surface area contributed by atoms with Crippen LogP contribution in [0.15, 0.2) is 66.9 Å². The topological polar surface area (TPSA) is 81.3 Å². The summed E-state index contributed by atoms with van der Waals surface area (Å²) in [5.41, 5.74) is 1.88. The summed E-state index contributed by atoms with van der Waals surface area (Å²) in [6, 6.07) is 17.6. The van der Waals surface area contributed by atoms with E-state index >= 15 is 0 Å². The van der Waals surface area contributed by atoms with Gasteiger partial charge in [-0.05, 0) is 24.1 Å². The van der Waals surface area contributed by atoms with Crippen molar-refractivity contribution < 1.29 is 9.72 Å². The van der Waals surface area contributed by atoms with Crippen molar-refractivity contribution in [2.24, 2.45) is 0 Å². The highest BCUT2D eigenvalue weighted by molar-refractivity contribution is 5.92. The Labute approximate surface area is 157 Å². The summed E-state index contributed by atoms with van der Waals surface area (Å²) in [7, 11) is 0. The van der Waals surface area contributed by atoms with Crippen LogP contribution in [0.25, 0.3) is 5.69 Å². The molecule has 0 atom stereocenters. The monoisotopic (exact) mass is 364 g/mol. The minimum absolute atomic E-state index is 0.0208. The fourth-order valence-corrected chi connectivity index (χ4v) is 2.82. The van der Waals surface area contributed by atoms with Crippen molar-refractivity contribution in [1.82, 2.24) is 14.7 Å². The number of carbonyl (C=O) groups excluding carboxylic acids is 1. The van der Waals surface area contributed by atoms with E-state index in [4.69, 9.17) is 0 Å². The molecule has 7 nitrogen and oxygen atoms in total. The van der Waals surface area contributed by atoms with Gasteiger partial charge in [0.2, 0.25) is 0 Å². The van der Waals surface area contributed by atoms with Gasteiger partial charge in [-0.1, -0.05) is 43.3 Å². The molecule has 0 saturated carbocycles. The second-order valence-electron chi connectivity index (χ2n) is 6.13. The highest BCUT2D eigenvalue weighted by atomic mass is 16.6. The minimum atomic E-state index is -0.456. The summed E-state index contributed by atoms with van der Waals surface area (Å²) in [6.45, 7) is 3.15. The van der Waals surface area contributed by atoms with E-state index in [0.29, 0.717) is 24.5 Å². The summed E-state index contributed by atoms with van der Waals surface area (Å²) < 4.78 is 1.48. The number of amides is 1. The first-order valence-electron chi connectivity index (χ1n) is 8.72. The van der Waals surface area contributed by atoms with E-state index in [1.807, 2.05) is 37.3 Å². The number of non-ortho nitro benzene ring substituents is 1. The van der Waals surface area contributed by atoms with Gasteiger partial charge in [-0.15, -0.1) is 0 Å². The fraction of sp³-hybridized carbons (Fsp3) is 0.200. The Morgan fingerprint density at radius 1 is 1.15 bits per heavy atom. The first-order chi connectivity index (χ1) is 13.1. The zero-order valence-corrected chi connectivity index (χ0v) is 15.0. The Kier molecular flexibility index (Phi) is 5.61. The average molecular weight is 364 g/mol. The van der Waals surface area contributed by atoms with Gasteiger partial charge in [-0.3, -0.25) is 14.9 Å². The van der Waals surface area contributed by atoms with Crippen LogP contribution >= 0.6 is 0 Å². The fourth-order valence-electron chi connectivity index (χ4n) is 2.82. The van der Waals surface area contributed by atoms with Gasteiger partial charge in [0, 0.05) is 31.4 Å². The zero-order chi connectivity index (χ0) is 19.2. The normalized spacial score (nSPS) is 10.6. The average Bonchev–Trinajstić information content (AvgIpc) is 3.18. The standard InChI is InChI=1S/C20H20N4O3/c1-2-12-22(15-16-7-4-3-5-8-16)20(25)19-11-13-23(21-19)17-9-6-10-18(14-17)24(26)27/h3-11,13-14H,2,12,15H2,1H3. The van der Waals surface area contributed by atoms with E-state index in [-0.39, 0.29) is 11.6 Å². The third kappa shape index (κ3) is 4.38. The molecule has 0 spiro atoms. The Morgan fingerprint density at radius 2 is 1.93 bits per heavy atom. The maximum absolute atomic E-state index is 12.9. The molecule has 0 aliphatic carbocycles. The quantitative estimate of drug-likeness (QED) is 0.471. The van der Waals surface area contributed by atoms with Crippen molar-refractivity contribution in [2.45, 2.75) is 19.9 Å². The lowest BCUT2D eigenvalue weighted by molar-refractivity contribution is -0.384. The predicted octanol–water partition coefficient (Wildman–Crippen LogP) is 3.83. The van der Waals surface area contributed by atoms with Crippen LogP contribution < -0.4 is 0 Å². The molecule has 7 heteroatoms. The largest absolute Gasteiger partial charge is 0.333 e. The molecule has 27 heavy (non-hydrogen) atoms. The van der Waals surface area contributed by atoms with Gasteiger partial charge in [0.1, 0.15) is 0 Å². The summed E-state index contributed by atoms with van der Waals surface area (Å²) in [6.07, 6.45) is 2.48. The van der Waals surface area contributed by atoms with Crippen LogP contribution in [-0.4, -0.2) is 32.1 Å². The smallest absolute Gasteiger partial charge is 0.274 e. The van der Waals surface area contributed by atoms with Gasteiger partial charge in [0.05, 0.1) is 10.6 Å². The SMILES string of the molecule is CCCN(Cc1ccccc1)C(=O)c1ccn(-c2cccc([N+](=O)[O-])c2)n1. The highest BCUT2D eigenvalue weighted by Crippen LogP contribution is 2.17. The van der Waals surface area contributed by atoms with Crippen molar-refractivity contribution >= 4 is 11.6 Å². The molecule has 3 aromatic rings. The molecule has 2 aromatic carbocycles. The zero-order valence-electron chi connectivity index (χ0n) is 15.0. The molecule has 0 unspecified atom stereocenters. The first kappa shape index (κ1) is 18.3. The highest BCUT2D eigenvalue weighted by Gasteiger charge is 2.18. The third-order valence-electron chi connectivity index (χ3n) is 4.11. The van der Waals surface area contributed by atoms with Crippen LogP contribution in [0.2, 0.25) is 0 Å². The lowest BCUT2D eigenvalue weighted by Crippen LogP contribution is -2.31. The molecule has 0 aliphatic heterocycles. The van der Waals surface area contributed by atoms with Crippen LogP contribution in [0.5, 0.6) is 0 Å². The molecular formula is C20H20N4O3. The third-order valence-corrected chi connectivity index (χ3v) is 4.11. The number of benzene rings is 2. The molecule has 0 bridgehead atoms. The van der Waals surface area contributed by atoms with Crippen molar-refractivity contribution in [1.29, 1.82) is 0 Å². The van der Waals surface area contributed by atoms with Gasteiger partial charge < -0.3 is 4.90 Å². The van der Waals surface area contributed by atoms with E-state index in [1.54, 1.807) is 29.3 Å². The molecule has 1 amide bonds. The van der Waals surface area contributed by atoms with Gasteiger partial charge in [-0.25, -0.2) is 4.68 Å². The Bertz CT molecular complexity index is 937. The van der Waals surface area contributed by atoms with Crippen molar-refractivity contribution in [3.05, 3.63) is 88.2 Å². The van der Waals surface area contributed by atoms with Gasteiger partial charge in [0.25, 0.3) is 11.6 Å². The summed E-state index contributed by atoms with van der Waals surface area (Å²) in [5.74, 6) is -0.162. The maximum Gasteiger partial charge on any atom is 0.274 e. The van der Waals surface area contributed by atoms with E-state index < -0.39 is 4.92 Å². The molecule has 1 aromatic heterocycles. The molecule has 3 rings (SSSR count). The van der Waals surface area contributed by atoms with Crippen LogP contribution in [0, 0.1) is 10.1 Å². The number of aromatic nitrogens is 2. The number of nitro groups is 1. The lowest BCUT2D eigenvalue weighted by atomic mass is 10.2. The van der Waals surface area contributed by atoms with Crippen LogP contribution in [-0.2, 0) is 6.54 Å². The van der Waals surface area contributed by atoms with E-state index in [1.165, 1.54) is 16.8 Å². The minimum Gasteiger partial charge on any atom is -0.333 e. The number of nitro benzene ring substituents is 1. The number of nitrogens with zero attached hydrogens (tertiary/aromatic N) is 4. The van der Waals surface area contributed by atoms with Crippen LogP contribution in [0.3, 0.4) is 0 Å².